The zero-order valence-electron chi connectivity index (χ0n) is 29.1. The highest BCUT2D eigenvalue weighted by Crippen LogP contribution is 2.31. The van der Waals surface area contributed by atoms with Gasteiger partial charge in [-0.15, -0.1) is 0 Å². The van der Waals surface area contributed by atoms with Crippen LogP contribution < -0.4 is 0 Å². The van der Waals surface area contributed by atoms with Gasteiger partial charge in [0.1, 0.15) is 0 Å². The second-order valence-electron chi connectivity index (χ2n) is 13.6. The van der Waals surface area contributed by atoms with E-state index in [0.29, 0.717) is 31.0 Å². The van der Waals surface area contributed by atoms with Crippen molar-refractivity contribution in [3.8, 4) is 0 Å². The Kier molecular flexibility index (Phi) is 13.7. The van der Waals surface area contributed by atoms with Crippen LogP contribution in [0.4, 0.5) is 0 Å². The van der Waals surface area contributed by atoms with Crippen LogP contribution in [0.1, 0.15) is 95.7 Å². The fraction of sp³-hybridized carbons (Fsp3) is 0.364. The maximum absolute atomic E-state index is 12.5. The number of rotatable bonds is 11. The molecule has 49 heavy (non-hydrogen) atoms. The summed E-state index contributed by atoms with van der Waals surface area (Å²) >= 11 is 0. The van der Waals surface area contributed by atoms with Gasteiger partial charge in [-0.3, -0.25) is 19.4 Å². The summed E-state index contributed by atoms with van der Waals surface area (Å²) in [6.07, 6.45) is 12.6. The van der Waals surface area contributed by atoms with Gasteiger partial charge in [0, 0.05) is 48.1 Å². The Morgan fingerprint density at radius 3 is 1.63 bits per heavy atom. The summed E-state index contributed by atoms with van der Waals surface area (Å²) in [4.78, 5) is 29.7. The quantitative estimate of drug-likeness (QED) is 0.163. The van der Waals surface area contributed by atoms with Gasteiger partial charge in [-0.1, -0.05) is 146 Å². The Labute approximate surface area is 293 Å². The normalized spacial score (nSPS) is 22.2. The van der Waals surface area contributed by atoms with Crippen LogP contribution in [-0.2, 0) is 0 Å². The van der Waals surface area contributed by atoms with E-state index in [0.717, 1.165) is 55.2 Å². The Bertz CT molecular complexity index is 1590. The van der Waals surface area contributed by atoms with E-state index < -0.39 is 6.10 Å². The molecule has 1 N–H and O–H groups in total. The summed E-state index contributed by atoms with van der Waals surface area (Å²) < 4.78 is 0. The van der Waals surface area contributed by atoms with Crippen LogP contribution in [0.2, 0.25) is 0 Å². The standard InChI is InChI=1S/C22H27NO2.C22H25NO/c1-23-19(15-21(24)17-9-4-2-5-10-17)13-8-14-20(23)16-22(25)18-11-6-3-7-12-18;1-23-20(16-15-18-9-4-2-5-10-18)13-8-14-21(23)17-22(24)19-11-6-3-7-12-19/h2-7,9-12,19-21,24H,8,13-16H2,1H3;2-7,9-12,15-16,20-21H,8,13-14,17H2,1H3/b;16-15+/t19-,20+,21-;20-,21+/m00/s1. The predicted molar refractivity (Wildman–Crippen MR) is 201 cm³/mol. The molecule has 5 heteroatoms. The third-order valence-corrected chi connectivity index (χ3v) is 10.4. The van der Waals surface area contributed by atoms with Crippen molar-refractivity contribution in [1.82, 2.24) is 9.80 Å². The fourth-order valence-electron chi connectivity index (χ4n) is 7.31. The first kappa shape index (κ1) is 36.1. The maximum atomic E-state index is 12.5. The summed E-state index contributed by atoms with van der Waals surface area (Å²) in [6.45, 7) is 0. The van der Waals surface area contributed by atoms with Gasteiger partial charge in [0.15, 0.2) is 11.6 Å². The number of hydrogen-bond acceptors (Lipinski definition) is 5. The van der Waals surface area contributed by atoms with Crippen LogP contribution in [0.25, 0.3) is 6.08 Å². The Balaban J connectivity index is 0.000000191. The van der Waals surface area contributed by atoms with Crippen molar-refractivity contribution >= 4 is 17.6 Å². The van der Waals surface area contributed by atoms with Crippen molar-refractivity contribution in [3.05, 3.63) is 150 Å². The van der Waals surface area contributed by atoms with Crippen molar-refractivity contribution in [2.75, 3.05) is 14.1 Å². The highest BCUT2D eigenvalue weighted by Gasteiger charge is 2.31. The molecular formula is C44H52N2O3. The summed E-state index contributed by atoms with van der Waals surface area (Å²) in [5.41, 5.74) is 3.82. The lowest BCUT2D eigenvalue weighted by atomic mass is 9.88. The van der Waals surface area contributed by atoms with Crippen molar-refractivity contribution in [2.45, 2.75) is 88.1 Å². The minimum Gasteiger partial charge on any atom is -0.388 e. The molecule has 6 rings (SSSR count). The van der Waals surface area contributed by atoms with Crippen LogP contribution in [0.5, 0.6) is 0 Å². The van der Waals surface area contributed by atoms with Gasteiger partial charge in [0.2, 0.25) is 0 Å². The number of Topliss-reactive ketones (excluding diaryl/α,β-unsaturated/α-hetero) is 2. The van der Waals surface area contributed by atoms with E-state index in [1.54, 1.807) is 0 Å². The first-order valence-corrected chi connectivity index (χ1v) is 18.0. The molecule has 2 fully saturated rings. The number of carbonyl (C=O) groups excluding carboxylic acids is 2. The number of likely N-dealkylation sites (N-methyl/N-ethyl adjacent to an activating group) is 1. The average Bonchev–Trinajstić information content (AvgIpc) is 3.15. The second-order valence-corrected chi connectivity index (χ2v) is 13.6. The van der Waals surface area contributed by atoms with Crippen LogP contribution in [0.3, 0.4) is 0 Å². The van der Waals surface area contributed by atoms with E-state index in [-0.39, 0.29) is 17.6 Å². The van der Waals surface area contributed by atoms with Crippen LogP contribution in [0, 0.1) is 0 Å². The largest absolute Gasteiger partial charge is 0.388 e. The molecule has 0 amide bonds. The van der Waals surface area contributed by atoms with E-state index in [1.165, 1.54) is 12.0 Å². The van der Waals surface area contributed by atoms with Crippen molar-refractivity contribution in [1.29, 1.82) is 0 Å². The second kappa shape index (κ2) is 18.6. The third kappa shape index (κ3) is 10.7. The lowest BCUT2D eigenvalue weighted by molar-refractivity contribution is 0.0549. The van der Waals surface area contributed by atoms with E-state index in [4.69, 9.17) is 0 Å². The van der Waals surface area contributed by atoms with Gasteiger partial charge in [-0.2, -0.15) is 0 Å². The molecule has 5 atom stereocenters. The topological polar surface area (TPSA) is 60.9 Å². The minimum atomic E-state index is -0.447. The third-order valence-electron chi connectivity index (χ3n) is 10.4. The molecule has 0 saturated carbocycles. The Morgan fingerprint density at radius 2 is 1.08 bits per heavy atom. The number of nitrogens with zero attached hydrogens (tertiary/aromatic N) is 2. The fourth-order valence-corrected chi connectivity index (χ4v) is 7.31. The monoisotopic (exact) mass is 656 g/mol. The number of likely N-dealkylation sites (tertiary alicyclic amines) is 2. The number of aliphatic hydroxyl groups excluding tert-OH is 1. The maximum Gasteiger partial charge on any atom is 0.164 e. The van der Waals surface area contributed by atoms with Gasteiger partial charge in [0.25, 0.3) is 0 Å². The molecule has 0 aliphatic carbocycles. The first-order chi connectivity index (χ1) is 23.9. The number of aliphatic hydroxyl groups is 1. The molecule has 0 unspecified atom stereocenters. The van der Waals surface area contributed by atoms with E-state index in [1.807, 2.05) is 97.1 Å². The molecule has 5 nitrogen and oxygen atoms in total. The van der Waals surface area contributed by atoms with Crippen molar-refractivity contribution in [3.63, 3.8) is 0 Å². The molecule has 4 aromatic carbocycles. The number of benzene rings is 4. The lowest BCUT2D eigenvalue weighted by Crippen LogP contribution is -2.45. The molecule has 2 aliphatic heterocycles. The van der Waals surface area contributed by atoms with Gasteiger partial charge >= 0.3 is 0 Å². The predicted octanol–water partition coefficient (Wildman–Crippen LogP) is 9.06. The first-order valence-electron chi connectivity index (χ1n) is 18.0. The molecular weight excluding hydrogens is 604 g/mol. The Morgan fingerprint density at radius 1 is 0.633 bits per heavy atom. The molecule has 2 heterocycles. The van der Waals surface area contributed by atoms with Crippen molar-refractivity contribution in [2.24, 2.45) is 0 Å². The van der Waals surface area contributed by atoms with Crippen LogP contribution >= 0.6 is 0 Å². The molecule has 0 radical (unpaired) electrons. The summed E-state index contributed by atoms with van der Waals surface area (Å²) in [6, 6.07) is 40.8. The van der Waals surface area contributed by atoms with Crippen molar-refractivity contribution < 1.29 is 14.7 Å². The highest BCUT2D eigenvalue weighted by molar-refractivity contribution is 5.96. The summed E-state index contributed by atoms with van der Waals surface area (Å²) in [5.74, 6) is 0.460. The minimum absolute atomic E-state index is 0.210. The smallest absolute Gasteiger partial charge is 0.164 e. The van der Waals surface area contributed by atoms with E-state index >= 15 is 0 Å². The van der Waals surface area contributed by atoms with Gasteiger partial charge < -0.3 is 5.11 Å². The zero-order valence-corrected chi connectivity index (χ0v) is 29.1. The molecule has 0 bridgehead atoms. The number of hydrogen-bond donors (Lipinski definition) is 1. The summed E-state index contributed by atoms with van der Waals surface area (Å²) in [5, 5.41) is 10.5. The highest BCUT2D eigenvalue weighted by atomic mass is 16.3. The SMILES string of the molecule is CN1[C@@H](CC(=O)c2ccccc2)CCC[C@H]1/C=C/c1ccccc1.CN1[C@@H](CC(=O)c2ccccc2)CCC[C@H]1C[C@H](O)c1ccccc1. The molecule has 0 spiro atoms. The molecule has 2 saturated heterocycles. The number of carbonyl (C=O) groups is 2. The molecule has 256 valence electrons. The van der Waals surface area contributed by atoms with Gasteiger partial charge in [-0.25, -0.2) is 0 Å². The number of piperidine rings is 2. The van der Waals surface area contributed by atoms with E-state index in [9.17, 15) is 14.7 Å². The van der Waals surface area contributed by atoms with Crippen LogP contribution in [-0.4, -0.2) is 64.7 Å². The molecule has 2 aliphatic rings. The Hall–Kier alpha value is -4.16. The van der Waals surface area contributed by atoms with E-state index in [2.05, 4.69) is 60.3 Å². The number of ketones is 2. The van der Waals surface area contributed by atoms with Gasteiger partial charge in [-0.05, 0) is 57.3 Å². The van der Waals surface area contributed by atoms with Gasteiger partial charge in [0.05, 0.1) is 6.10 Å². The molecule has 4 aromatic rings. The van der Waals surface area contributed by atoms with Crippen LogP contribution in [0.15, 0.2) is 127 Å². The average molecular weight is 657 g/mol. The molecule has 0 aromatic heterocycles. The zero-order chi connectivity index (χ0) is 34.4. The summed E-state index contributed by atoms with van der Waals surface area (Å²) in [7, 11) is 4.26. The lowest BCUT2D eigenvalue weighted by Gasteiger charge is -2.40.